The highest BCUT2D eigenvalue weighted by Crippen LogP contribution is 2.23. The fraction of sp³-hybridized carbons (Fsp3) is 0.632. The summed E-state index contributed by atoms with van der Waals surface area (Å²) in [7, 11) is -3.61. The molecular weight excluding hydrogens is 369 g/mol. The Morgan fingerprint density at radius 1 is 1.19 bits per heavy atom. The smallest absolute Gasteiger partial charge is 0.275 e. The lowest BCUT2D eigenvalue weighted by Gasteiger charge is -2.33. The number of hydrogen-bond acceptors (Lipinski definition) is 3. The van der Waals surface area contributed by atoms with Gasteiger partial charge in [-0.2, -0.15) is 4.31 Å². The maximum Gasteiger partial charge on any atom is 0.275 e. The molecule has 2 fully saturated rings. The predicted octanol–water partition coefficient (Wildman–Crippen LogP) is 0.410. The third-order valence-corrected chi connectivity index (χ3v) is 7.66. The van der Waals surface area contributed by atoms with Crippen LogP contribution in [0.25, 0.3) is 0 Å². The summed E-state index contributed by atoms with van der Waals surface area (Å²) in [5.74, 6) is 0.121. The van der Waals surface area contributed by atoms with Gasteiger partial charge < -0.3 is 10.2 Å². The van der Waals surface area contributed by atoms with E-state index in [1.807, 2.05) is 0 Å². The minimum Gasteiger partial charge on any atom is -0.348 e. The van der Waals surface area contributed by atoms with Crippen LogP contribution in [0.3, 0.4) is 0 Å². The molecule has 1 saturated carbocycles. The number of nitrogens with one attached hydrogen (secondary N) is 2. The maximum atomic E-state index is 13.0. The summed E-state index contributed by atoms with van der Waals surface area (Å²) in [5.41, 5.74) is 0. The molecule has 0 spiro atoms. The van der Waals surface area contributed by atoms with E-state index in [2.05, 4.69) is 12.2 Å². The lowest BCUT2D eigenvalue weighted by Crippen LogP contribution is -3.15. The summed E-state index contributed by atoms with van der Waals surface area (Å²) in [4.78, 5) is 13.6. The Morgan fingerprint density at radius 2 is 1.81 bits per heavy atom. The van der Waals surface area contributed by atoms with Crippen LogP contribution >= 0.6 is 0 Å². The summed E-state index contributed by atoms with van der Waals surface area (Å²) in [6.07, 6.45) is 4.62. The molecule has 0 radical (unpaired) electrons. The number of benzene rings is 1. The number of amides is 1. The van der Waals surface area contributed by atoms with Crippen LogP contribution in [0.4, 0.5) is 4.39 Å². The minimum atomic E-state index is -3.61. The standard InChI is InChI=1S/C19H28FN3O3S/c1-15-4-2-3-5-18(15)21-19(24)14-22-10-12-23(13-11-22)27(25,26)17-8-6-16(20)7-9-17/h6-9,15,18H,2-5,10-14H2,1H3,(H,21,24)/p+1/t15-,18+/m1/s1. The van der Waals surface area contributed by atoms with Crippen LogP contribution in [-0.2, 0) is 14.8 Å². The molecule has 1 heterocycles. The number of carbonyl (C=O) groups excluding carboxylic acids is 1. The fourth-order valence-corrected chi connectivity index (χ4v) is 5.43. The van der Waals surface area contributed by atoms with Crippen LogP contribution in [-0.4, -0.2) is 57.4 Å². The van der Waals surface area contributed by atoms with Crippen molar-refractivity contribution < 1.29 is 22.5 Å². The number of carbonyl (C=O) groups is 1. The first kappa shape index (κ1) is 20.2. The highest BCUT2D eigenvalue weighted by Gasteiger charge is 2.32. The van der Waals surface area contributed by atoms with E-state index in [1.54, 1.807) is 0 Å². The van der Waals surface area contributed by atoms with E-state index >= 15 is 0 Å². The van der Waals surface area contributed by atoms with Gasteiger partial charge in [-0.1, -0.05) is 19.8 Å². The van der Waals surface area contributed by atoms with Gasteiger partial charge in [0.2, 0.25) is 10.0 Å². The van der Waals surface area contributed by atoms with Crippen LogP contribution in [0.5, 0.6) is 0 Å². The van der Waals surface area contributed by atoms with E-state index in [4.69, 9.17) is 0 Å². The zero-order chi connectivity index (χ0) is 19.4. The topological polar surface area (TPSA) is 70.9 Å². The number of nitrogens with zero attached hydrogens (tertiary/aromatic N) is 1. The molecule has 0 unspecified atom stereocenters. The average molecular weight is 399 g/mol. The molecule has 2 aliphatic rings. The van der Waals surface area contributed by atoms with E-state index in [1.165, 1.54) is 29.3 Å². The molecule has 1 aromatic carbocycles. The minimum absolute atomic E-state index is 0.0543. The Kier molecular flexibility index (Phi) is 6.49. The van der Waals surface area contributed by atoms with Crippen molar-refractivity contribution in [3.05, 3.63) is 30.1 Å². The van der Waals surface area contributed by atoms with Gasteiger partial charge in [0, 0.05) is 6.04 Å². The lowest BCUT2D eigenvalue weighted by atomic mass is 9.86. The first-order chi connectivity index (χ1) is 12.9. The molecule has 150 valence electrons. The van der Waals surface area contributed by atoms with E-state index in [0.717, 1.165) is 29.9 Å². The number of piperazine rings is 1. The monoisotopic (exact) mass is 398 g/mol. The van der Waals surface area contributed by atoms with Crippen molar-refractivity contribution in [1.29, 1.82) is 0 Å². The SMILES string of the molecule is C[C@@H]1CCCC[C@@H]1NC(=O)C[NH+]1CCN(S(=O)(=O)c2ccc(F)cc2)CC1. The van der Waals surface area contributed by atoms with Gasteiger partial charge in [-0.25, -0.2) is 12.8 Å². The third kappa shape index (κ3) is 5.06. The highest BCUT2D eigenvalue weighted by atomic mass is 32.2. The second kappa shape index (κ2) is 8.67. The molecule has 8 heteroatoms. The number of sulfonamides is 1. The van der Waals surface area contributed by atoms with Gasteiger partial charge in [-0.05, 0) is 43.0 Å². The number of quaternary nitrogens is 1. The van der Waals surface area contributed by atoms with Gasteiger partial charge in [0.15, 0.2) is 6.54 Å². The second-order valence-electron chi connectivity index (χ2n) is 7.72. The summed E-state index contributed by atoms with van der Waals surface area (Å²) >= 11 is 0. The zero-order valence-corrected chi connectivity index (χ0v) is 16.6. The van der Waals surface area contributed by atoms with Gasteiger partial charge in [0.1, 0.15) is 5.82 Å². The molecule has 0 bridgehead atoms. The Labute approximate surface area is 160 Å². The Hall–Kier alpha value is -1.51. The van der Waals surface area contributed by atoms with Crippen molar-refractivity contribution in [2.24, 2.45) is 5.92 Å². The Balaban J connectivity index is 1.49. The van der Waals surface area contributed by atoms with Gasteiger partial charge in [-0.15, -0.1) is 0 Å². The van der Waals surface area contributed by atoms with Crippen molar-refractivity contribution in [3.63, 3.8) is 0 Å². The van der Waals surface area contributed by atoms with Crippen molar-refractivity contribution in [2.45, 2.75) is 43.5 Å². The average Bonchev–Trinajstić information content (AvgIpc) is 2.64. The quantitative estimate of drug-likeness (QED) is 0.755. The summed E-state index contributed by atoms with van der Waals surface area (Å²) in [6.45, 7) is 4.48. The van der Waals surface area contributed by atoms with Crippen molar-refractivity contribution >= 4 is 15.9 Å². The molecule has 2 atom stereocenters. The molecule has 2 N–H and O–H groups in total. The van der Waals surface area contributed by atoms with E-state index in [0.29, 0.717) is 38.6 Å². The van der Waals surface area contributed by atoms with E-state index in [9.17, 15) is 17.6 Å². The Bertz CT molecular complexity index is 746. The highest BCUT2D eigenvalue weighted by molar-refractivity contribution is 7.89. The van der Waals surface area contributed by atoms with Crippen LogP contribution < -0.4 is 10.2 Å². The molecule has 3 rings (SSSR count). The third-order valence-electron chi connectivity index (χ3n) is 5.75. The fourth-order valence-electron chi connectivity index (χ4n) is 3.99. The molecular formula is C19H29FN3O3S+. The van der Waals surface area contributed by atoms with E-state index < -0.39 is 15.8 Å². The first-order valence-corrected chi connectivity index (χ1v) is 11.2. The molecule has 27 heavy (non-hydrogen) atoms. The molecule has 1 aliphatic carbocycles. The summed E-state index contributed by atoms with van der Waals surface area (Å²) in [6, 6.07) is 5.17. The lowest BCUT2D eigenvalue weighted by molar-refractivity contribution is -0.895. The molecule has 0 aromatic heterocycles. The van der Waals surface area contributed by atoms with Gasteiger partial charge >= 0.3 is 0 Å². The molecule has 1 aliphatic heterocycles. The normalized spacial score (nSPS) is 25.3. The van der Waals surface area contributed by atoms with Gasteiger partial charge in [0.25, 0.3) is 5.91 Å². The second-order valence-corrected chi connectivity index (χ2v) is 9.66. The summed E-state index contributed by atoms with van der Waals surface area (Å²) < 4.78 is 39.7. The maximum absolute atomic E-state index is 13.0. The molecule has 1 amide bonds. The van der Waals surface area contributed by atoms with Crippen LogP contribution in [0, 0.1) is 11.7 Å². The van der Waals surface area contributed by atoms with Crippen LogP contribution in [0.15, 0.2) is 29.2 Å². The number of hydrogen-bond donors (Lipinski definition) is 2. The Morgan fingerprint density at radius 3 is 2.44 bits per heavy atom. The van der Waals surface area contributed by atoms with Crippen molar-refractivity contribution in [1.82, 2.24) is 9.62 Å². The molecule has 1 aromatic rings. The predicted molar refractivity (Wildman–Crippen MR) is 100 cm³/mol. The van der Waals surface area contributed by atoms with Gasteiger partial charge in [0.05, 0.1) is 31.1 Å². The summed E-state index contributed by atoms with van der Waals surface area (Å²) in [5, 5.41) is 3.16. The van der Waals surface area contributed by atoms with Crippen LogP contribution in [0.2, 0.25) is 0 Å². The van der Waals surface area contributed by atoms with Crippen LogP contribution in [0.1, 0.15) is 32.6 Å². The van der Waals surface area contributed by atoms with Gasteiger partial charge in [-0.3, -0.25) is 4.79 Å². The molecule has 6 nitrogen and oxygen atoms in total. The largest absolute Gasteiger partial charge is 0.348 e. The molecule has 1 saturated heterocycles. The number of halogens is 1. The zero-order valence-electron chi connectivity index (χ0n) is 15.8. The van der Waals surface area contributed by atoms with Crippen molar-refractivity contribution in [3.8, 4) is 0 Å². The number of rotatable bonds is 5. The first-order valence-electron chi connectivity index (χ1n) is 9.75. The van der Waals surface area contributed by atoms with E-state index in [-0.39, 0.29) is 16.8 Å². The van der Waals surface area contributed by atoms with Crippen molar-refractivity contribution in [2.75, 3.05) is 32.7 Å².